The van der Waals surface area contributed by atoms with E-state index in [1.165, 1.54) is 0 Å². The molecule has 18 heavy (non-hydrogen) atoms. The van der Waals surface area contributed by atoms with Gasteiger partial charge in [-0.2, -0.15) is 0 Å². The van der Waals surface area contributed by atoms with Crippen LogP contribution in [0.1, 0.15) is 0 Å². The molecule has 8 heteroatoms. The molecule has 1 saturated heterocycles. The van der Waals surface area contributed by atoms with Crippen molar-refractivity contribution in [2.24, 2.45) is 7.05 Å². The summed E-state index contributed by atoms with van der Waals surface area (Å²) in [6.07, 6.45) is 3.38. The number of imidazole rings is 1. The Morgan fingerprint density at radius 1 is 1.17 bits per heavy atom. The third-order valence-corrected chi connectivity index (χ3v) is 2.83. The fraction of sp³-hybridized carbons (Fsp3) is 0.500. The number of aryl methyl sites for hydroxylation is 1. The van der Waals surface area contributed by atoms with Gasteiger partial charge in [-0.05, 0) is 0 Å². The Balaban J connectivity index is 0.000000810. The molecule has 0 atom stereocenters. The maximum atomic E-state index is 4.36. The van der Waals surface area contributed by atoms with Gasteiger partial charge in [-0.1, -0.05) is 0 Å². The van der Waals surface area contributed by atoms with Gasteiger partial charge < -0.3 is 14.8 Å². The second-order valence-corrected chi connectivity index (χ2v) is 3.88. The van der Waals surface area contributed by atoms with Crippen molar-refractivity contribution in [3.05, 3.63) is 18.0 Å². The molecule has 1 aliphatic rings. The van der Waals surface area contributed by atoms with Gasteiger partial charge in [-0.25, -0.2) is 15.0 Å². The summed E-state index contributed by atoms with van der Waals surface area (Å²) in [7, 11) is 1.94. The summed E-state index contributed by atoms with van der Waals surface area (Å²) >= 11 is 0. The molecular formula is C10H13CuN6U. The first-order valence-electron chi connectivity index (χ1n) is 5.36. The van der Waals surface area contributed by atoms with E-state index < -0.39 is 0 Å². The molecule has 0 radical (unpaired) electrons. The monoisotopic (exact) mass is 518 g/mol. The average Bonchev–Trinajstić information content (AvgIpc) is 2.73. The molecule has 3 rings (SSSR count). The van der Waals surface area contributed by atoms with Crippen molar-refractivity contribution in [2.45, 2.75) is 0 Å². The minimum atomic E-state index is 0. The van der Waals surface area contributed by atoms with Crippen molar-refractivity contribution in [3.8, 4) is 0 Å². The Kier molecular flexibility index (Phi) is 6.09. The predicted molar refractivity (Wildman–Crippen MR) is 61.6 cm³/mol. The molecule has 98 valence electrons. The Labute approximate surface area is 140 Å². The number of fused-ring (bicyclic) bond motifs is 1. The standard InChI is InChI=1S/C10H13N6.Cu.U/c1-15-7-14-8-9(15)12-6-13-10(8)16-4-2-11-3-5-16;;/h6-7H,2-5H2,1H3;;/q-1;+1;. The van der Waals surface area contributed by atoms with Crippen LogP contribution in [-0.4, -0.2) is 45.7 Å². The average molecular weight is 519 g/mol. The summed E-state index contributed by atoms with van der Waals surface area (Å²) in [5.41, 5.74) is 1.76. The summed E-state index contributed by atoms with van der Waals surface area (Å²) in [4.78, 5) is 15.2. The molecule has 3 heterocycles. The van der Waals surface area contributed by atoms with Crippen LogP contribution in [0, 0.1) is 31.1 Å². The zero-order valence-corrected chi connectivity index (χ0v) is 15.1. The van der Waals surface area contributed by atoms with E-state index in [9.17, 15) is 0 Å². The van der Waals surface area contributed by atoms with Crippen LogP contribution < -0.4 is 4.90 Å². The van der Waals surface area contributed by atoms with E-state index >= 15 is 0 Å². The van der Waals surface area contributed by atoms with E-state index in [4.69, 9.17) is 0 Å². The number of nitrogens with zero attached hydrogens (tertiary/aromatic N) is 6. The second-order valence-electron chi connectivity index (χ2n) is 3.88. The van der Waals surface area contributed by atoms with Crippen molar-refractivity contribution in [3.63, 3.8) is 0 Å². The van der Waals surface area contributed by atoms with Gasteiger partial charge >= 0.3 is 17.1 Å². The first kappa shape index (κ1) is 15.9. The summed E-state index contributed by atoms with van der Waals surface area (Å²) < 4.78 is 1.91. The van der Waals surface area contributed by atoms with Gasteiger partial charge in [0.05, 0.1) is 6.33 Å². The summed E-state index contributed by atoms with van der Waals surface area (Å²) in [5.74, 6) is 0.931. The minimum Gasteiger partial charge on any atom is -0.659 e. The largest absolute Gasteiger partial charge is 1.00 e. The Bertz CT molecular complexity index is 510. The Morgan fingerprint density at radius 2 is 1.89 bits per heavy atom. The first-order valence-corrected chi connectivity index (χ1v) is 5.36. The maximum Gasteiger partial charge on any atom is 1.00 e. The van der Waals surface area contributed by atoms with Crippen molar-refractivity contribution in [1.29, 1.82) is 0 Å². The third kappa shape index (κ3) is 2.89. The van der Waals surface area contributed by atoms with Crippen molar-refractivity contribution >= 4 is 17.0 Å². The van der Waals surface area contributed by atoms with E-state index in [2.05, 4.69) is 25.2 Å². The third-order valence-electron chi connectivity index (χ3n) is 2.83. The van der Waals surface area contributed by atoms with Crippen LogP contribution in [0.5, 0.6) is 0 Å². The summed E-state index contributed by atoms with van der Waals surface area (Å²) in [6.45, 7) is 3.59. The Morgan fingerprint density at radius 3 is 2.61 bits per heavy atom. The van der Waals surface area contributed by atoms with E-state index in [1.54, 1.807) is 12.7 Å². The number of aromatic nitrogens is 4. The molecule has 0 aliphatic carbocycles. The van der Waals surface area contributed by atoms with Gasteiger partial charge in [0.1, 0.15) is 6.33 Å². The predicted octanol–water partition coefficient (Wildman–Crippen LogP) is 0.554. The van der Waals surface area contributed by atoms with Crippen LogP contribution in [0.15, 0.2) is 12.7 Å². The molecule has 0 saturated carbocycles. The number of hydrogen-bond acceptors (Lipinski definition) is 4. The van der Waals surface area contributed by atoms with Gasteiger partial charge in [0.2, 0.25) is 0 Å². The van der Waals surface area contributed by atoms with Crippen LogP contribution in [0.25, 0.3) is 16.5 Å². The minimum absolute atomic E-state index is 0. The van der Waals surface area contributed by atoms with Crippen LogP contribution in [0.2, 0.25) is 0 Å². The molecule has 2 aromatic rings. The van der Waals surface area contributed by atoms with E-state index in [0.29, 0.717) is 0 Å². The van der Waals surface area contributed by atoms with Crippen LogP contribution in [-0.2, 0) is 24.1 Å². The molecule has 2 aromatic heterocycles. The summed E-state index contributed by atoms with van der Waals surface area (Å²) in [6, 6.07) is 0. The molecule has 0 amide bonds. The molecule has 0 spiro atoms. The first-order chi connectivity index (χ1) is 7.86. The fourth-order valence-corrected chi connectivity index (χ4v) is 1.98. The van der Waals surface area contributed by atoms with E-state index in [0.717, 1.165) is 43.2 Å². The summed E-state index contributed by atoms with van der Waals surface area (Å²) in [5, 5.41) is 4.33. The number of piperazine rings is 1. The molecule has 1 fully saturated rings. The molecule has 0 N–H and O–H groups in total. The van der Waals surface area contributed by atoms with Gasteiger partial charge in [0.15, 0.2) is 17.0 Å². The SMILES string of the molecule is Cn1cnc2c(N3CC[N-]CC3)ncnc21.[Cu+].[U]. The van der Waals surface area contributed by atoms with Gasteiger partial charge in [0.25, 0.3) is 0 Å². The van der Waals surface area contributed by atoms with E-state index in [-0.39, 0.29) is 48.2 Å². The smallest absolute Gasteiger partial charge is 0.659 e. The van der Waals surface area contributed by atoms with Crippen molar-refractivity contribution in [1.82, 2.24) is 19.5 Å². The number of rotatable bonds is 1. The molecular weight excluding hydrogens is 506 g/mol. The maximum absolute atomic E-state index is 4.36. The van der Waals surface area contributed by atoms with Crippen LogP contribution in [0.3, 0.4) is 0 Å². The molecule has 0 aromatic carbocycles. The second kappa shape index (κ2) is 6.88. The van der Waals surface area contributed by atoms with Crippen LogP contribution in [0.4, 0.5) is 5.82 Å². The molecule has 1 aliphatic heterocycles. The zero-order valence-electron chi connectivity index (χ0n) is 9.97. The van der Waals surface area contributed by atoms with Crippen LogP contribution >= 0.6 is 0 Å². The molecule has 0 unspecified atom stereocenters. The van der Waals surface area contributed by atoms with Gasteiger partial charge in [-0.3, -0.25) is 0 Å². The van der Waals surface area contributed by atoms with Gasteiger partial charge in [-0.15, -0.1) is 13.1 Å². The number of anilines is 1. The quantitative estimate of drug-likeness (QED) is 0.518. The van der Waals surface area contributed by atoms with Gasteiger partial charge in [0, 0.05) is 51.3 Å². The molecule has 6 nitrogen and oxygen atoms in total. The normalized spacial score (nSPS) is 15.1. The number of hydrogen-bond donors (Lipinski definition) is 0. The zero-order chi connectivity index (χ0) is 11.0. The molecule has 0 bridgehead atoms. The topological polar surface area (TPSA) is 60.9 Å². The van der Waals surface area contributed by atoms with Crippen molar-refractivity contribution in [2.75, 3.05) is 31.1 Å². The fourth-order valence-electron chi connectivity index (χ4n) is 1.98. The Hall–Kier alpha value is -0.119. The van der Waals surface area contributed by atoms with Crippen molar-refractivity contribution < 1.29 is 48.2 Å². The van der Waals surface area contributed by atoms with E-state index in [1.807, 2.05) is 11.6 Å².